The SMILES string of the molecule is NC(CC1CC1)CN1CCC(N2CCOCC2)C1. The molecule has 0 aromatic carbocycles. The Kier molecular flexibility index (Phi) is 4.19. The number of nitrogens with two attached hydrogens (primary N) is 1. The first-order chi connectivity index (χ1) is 8.81. The molecule has 3 fully saturated rings. The van der Waals surface area contributed by atoms with Crippen LogP contribution in [-0.4, -0.2) is 67.8 Å². The van der Waals surface area contributed by atoms with Gasteiger partial charge in [-0.3, -0.25) is 4.90 Å². The van der Waals surface area contributed by atoms with E-state index in [9.17, 15) is 0 Å². The van der Waals surface area contributed by atoms with Gasteiger partial charge in [-0.1, -0.05) is 12.8 Å². The summed E-state index contributed by atoms with van der Waals surface area (Å²) in [5.74, 6) is 0.956. The molecule has 2 heterocycles. The minimum Gasteiger partial charge on any atom is -0.379 e. The molecule has 1 saturated carbocycles. The molecule has 4 heteroatoms. The molecular formula is C14H27N3O. The predicted octanol–water partition coefficient (Wildman–Crippen LogP) is 0.520. The molecule has 0 bridgehead atoms. The lowest BCUT2D eigenvalue weighted by molar-refractivity contribution is 0.0184. The fraction of sp³-hybridized carbons (Fsp3) is 1.00. The van der Waals surface area contributed by atoms with Crippen molar-refractivity contribution in [3.63, 3.8) is 0 Å². The summed E-state index contributed by atoms with van der Waals surface area (Å²) in [7, 11) is 0. The van der Waals surface area contributed by atoms with Gasteiger partial charge in [0.1, 0.15) is 0 Å². The normalized spacial score (nSPS) is 32.8. The van der Waals surface area contributed by atoms with Crippen LogP contribution in [-0.2, 0) is 4.74 Å². The van der Waals surface area contributed by atoms with Crippen molar-refractivity contribution in [3.05, 3.63) is 0 Å². The summed E-state index contributed by atoms with van der Waals surface area (Å²) >= 11 is 0. The van der Waals surface area contributed by atoms with Crippen LogP contribution in [0.3, 0.4) is 0 Å². The Labute approximate surface area is 110 Å². The zero-order valence-corrected chi connectivity index (χ0v) is 11.4. The predicted molar refractivity (Wildman–Crippen MR) is 72.6 cm³/mol. The van der Waals surface area contributed by atoms with Crippen LogP contribution >= 0.6 is 0 Å². The van der Waals surface area contributed by atoms with E-state index in [1.165, 1.54) is 38.8 Å². The molecule has 2 N–H and O–H groups in total. The van der Waals surface area contributed by atoms with Crippen LogP contribution in [0.15, 0.2) is 0 Å². The summed E-state index contributed by atoms with van der Waals surface area (Å²) in [5.41, 5.74) is 6.24. The standard InChI is InChI=1S/C14H27N3O/c15-13(9-12-1-2-12)10-16-4-3-14(11-16)17-5-7-18-8-6-17/h12-14H,1-11,15H2. The third-order valence-electron chi connectivity index (χ3n) is 4.64. The lowest BCUT2D eigenvalue weighted by Crippen LogP contribution is -2.45. The molecule has 0 aromatic rings. The zero-order chi connectivity index (χ0) is 12.4. The van der Waals surface area contributed by atoms with Crippen LogP contribution in [0.4, 0.5) is 0 Å². The molecule has 2 unspecified atom stereocenters. The van der Waals surface area contributed by atoms with Crippen molar-refractivity contribution in [1.29, 1.82) is 0 Å². The second-order valence-corrected chi connectivity index (χ2v) is 6.29. The lowest BCUT2D eigenvalue weighted by Gasteiger charge is -2.32. The Balaban J connectivity index is 1.39. The highest BCUT2D eigenvalue weighted by Gasteiger charge is 2.30. The summed E-state index contributed by atoms with van der Waals surface area (Å²) in [6.07, 6.45) is 5.41. The van der Waals surface area contributed by atoms with Crippen molar-refractivity contribution in [2.45, 2.75) is 37.8 Å². The van der Waals surface area contributed by atoms with Gasteiger partial charge in [0.15, 0.2) is 0 Å². The van der Waals surface area contributed by atoms with Crippen molar-refractivity contribution in [2.75, 3.05) is 45.9 Å². The van der Waals surface area contributed by atoms with E-state index < -0.39 is 0 Å². The second-order valence-electron chi connectivity index (χ2n) is 6.29. The Morgan fingerprint density at radius 3 is 2.61 bits per heavy atom. The van der Waals surface area contributed by atoms with E-state index >= 15 is 0 Å². The highest BCUT2D eigenvalue weighted by Crippen LogP contribution is 2.33. The van der Waals surface area contributed by atoms with Gasteiger partial charge in [-0.15, -0.1) is 0 Å². The van der Waals surface area contributed by atoms with Crippen molar-refractivity contribution in [2.24, 2.45) is 11.7 Å². The number of likely N-dealkylation sites (tertiary alicyclic amines) is 1. The van der Waals surface area contributed by atoms with E-state index in [0.29, 0.717) is 6.04 Å². The van der Waals surface area contributed by atoms with Gasteiger partial charge in [0.25, 0.3) is 0 Å². The highest BCUT2D eigenvalue weighted by atomic mass is 16.5. The fourth-order valence-corrected chi connectivity index (χ4v) is 3.41. The van der Waals surface area contributed by atoms with E-state index in [-0.39, 0.29) is 0 Å². The first-order valence-corrected chi connectivity index (χ1v) is 7.61. The monoisotopic (exact) mass is 253 g/mol. The molecule has 3 rings (SSSR count). The molecule has 1 aliphatic carbocycles. The first kappa shape index (κ1) is 12.9. The highest BCUT2D eigenvalue weighted by molar-refractivity contribution is 4.87. The summed E-state index contributed by atoms with van der Waals surface area (Å²) in [5, 5.41) is 0. The molecule has 0 amide bonds. The maximum Gasteiger partial charge on any atom is 0.0594 e. The number of nitrogens with zero attached hydrogens (tertiary/aromatic N) is 2. The third kappa shape index (κ3) is 3.44. The van der Waals surface area contributed by atoms with Gasteiger partial charge < -0.3 is 15.4 Å². The van der Waals surface area contributed by atoms with Crippen molar-refractivity contribution < 1.29 is 4.74 Å². The number of hydrogen-bond acceptors (Lipinski definition) is 4. The van der Waals surface area contributed by atoms with Gasteiger partial charge in [0.2, 0.25) is 0 Å². The van der Waals surface area contributed by atoms with Crippen LogP contribution in [0.25, 0.3) is 0 Å². The number of rotatable bonds is 5. The molecular weight excluding hydrogens is 226 g/mol. The topological polar surface area (TPSA) is 41.7 Å². The van der Waals surface area contributed by atoms with Crippen LogP contribution in [0.2, 0.25) is 0 Å². The Hall–Kier alpha value is -0.160. The molecule has 0 radical (unpaired) electrons. The zero-order valence-electron chi connectivity index (χ0n) is 11.4. The van der Waals surface area contributed by atoms with Crippen molar-refractivity contribution in [1.82, 2.24) is 9.80 Å². The van der Waals surface area contributed by atoms with Crippen LogP contribution < -0.4 is 5.73 Å². The quantitative estimate of drug-likeness (QED) is 0.776. The van der Waals surface area contributed by atoms with Crippen LogP contribution in [0.1, 0.15) is 25.7 Å². The molecule has 2 aliphatic heterocycles. The lowest BCUT2D eigenvalue weighted by atomic mass is 10.1. The molecule has 0 aromatic heterocycles. The average Bonchev–Trinajstić information content (AvgIpc) is 3.06. The Morgan fingerprint density at radius 2 is 1.89 bits per heavy atom. The summed E-state index contributed by atoms with van der Waals surface area (Å²) in [4.78, 5) is 5.18. The fourth-order valence-electron chi connectivity index (χ4n) is 3.41. The average molecular weight is 253 g/mol. The van der Waals surface area contributed by atoms with Crippen molar-refractivity contribution in [3.8, 4) is 0 Å². The van der Waals surface area contributed by atoms with E-state index in [4.69, 9.17) is 10.5 Å². The Morgan fingerprint density at radius 1 is 1.11 bits per heavy atom. The largest absolute Gasteiger partial charge is 0.379 e. The molecule has 4 nitrogen and oxygen atoms in total. The number of morpholine rings is 1. The van der Waals surface area contributed by atoms with Crippen LogP contribution in [0, 0.1) is 5.92 Å². The molecule has 0 spiro atoms. The molecule has 104 valence electrons. The van der Waals surface area contributed by atoms with E-state index in [1.54, 1.807) is 0 Å². The second kappa shape index (κ2) is 5.87. The van der Waals surface area contributed by atoms with Gasteiger partial charge in [-0.05, 0) is 25.3 Å². The van der Waals surface area contributed by atoms with Gasteiger partial charge in [0, 0.05) is 38.3 Å². The maximum absolute atomic E-state index is 6.24. The molecule has 2 atom stereocenters. The number of hydrogen-bond donors (Lipinski definition) is 1. The Bertz CT molecular complexity index is 264. The third-order valence-corrected chi connectivity index (χ3v) is 4.64. The van der Waals surface area contributed by atoms with E-state index in [2.05, 4.69) is 9.80 Å². The maximum atomic E-state index is 6.24. The first-order valence-electron chi connectivity index (χ1n) is 7.61. The van der Waals surface area contributed by atoms with E-state index in [0.717, 1.165) is 44.8 Å². The summed E-state index contributed by atoms with van der Waals surface area (Å²) < 4.78 is 5.43. The molecule has 3 aliphatic rings. The van der Waals surface area contributed by atoms with Gasteiger partial charge in [0.05, 0.1) is 13.2 Å². The van der Waals surface area contributed by atoms with Gasteiger partial charge >= 0.3 is 0 Å². The number of ether oxygens (including phenoxy) is 1. The van der Waals surface area contributed by atoms with Crippen molar-refractivity contribution >= 4 is 0 Å². The smallest absolute Gasteiger partial charge is 0.0594 e. The molecule has 18 heavy (non-hydrogen) atoms. The summed E-state index contributed by atoms with van der Waals surface area (Å²) in [6, 6.07) is 1.16. The van der Waals surface area contributed by atoms with Gasteiger partial charge in [-0.25, -0.2) is 0 Å². The minimum atomic E-state index is 0.404. The minimum absolute atomic E-state index is 0.404. The summed E-state index contributed by atoms with van der Waals surface area (Å²) in [6.45, 7) is 7.63. The van der Waals surface area contributed by atoms with Crippen LogP contribution in [0.5, 0.6) is 0 Å². The van der Waals surface area contributed by atoms with E-state index in [1.807, 2.05) is 0 Å². The van der Waals surface area contributed by atoms with Gasteiger partial charge in [-0.2, -0.15) is 0 Å². The molecule has 2 saturated heterocycles.